The van der Waals surface area contributed by atoms with Crippen molar-refractivity contribution >= 4 is 29.5 Å². The standard InChI is InChI=1S/C18H19ClN4O/c19-16-5-3-4-15(14-16)7-9-21-18(24)23-12-10-22(11-13-23)17-6-1-2-8-20-17/h1-9,14H,10-13H2,(H,21,24)/b9-7+. The molecule has 2 aromatic rings. The third kappa shape index (κ3) is 4.26. The molecule has 1 aliphatic rings. The van der Waals surface area contributed by atoms with E-state index in [2.05, 4.69) is 15.2 Å². The summed E-state index contributed by atoms with van der Waals surface area (Å²) in [6.07, 6.45) is 5.27. The van der Waals surface area contributed by atoms with Crippen molar-refractivity contribution in [1.29, 1.82) is 0 Å². The molecule has 6 heteroatoms. The molecule has 0 atom stereocenters. The molecule has 24 heavy (non-hydrogen) atoms. The minimum absolute atomic E-state index is 0.0889. The predicted molar refractivity (Wildman–Crippen MR) is 97.0 cm³/mol. The van der Waals surface area contributed by atoms with Crippen molar-refractivity contribution in [3.63, 3.8) is 0 Å². The SMILES string of the molecule is O=C(N/C=C/c1cccc(Cl)c1)N1CCN(c2ccccn2)CC1. The van der Waals surface area contributed by atoms with Gasteiger partial charge in [-0.1, -0.05) is 29.8 Å². The maximum atomic E-state index is 12.2. The highest BCUT2D eigenvalue weighted by atomic mass is 35.5. The van der Waals surface area contributed by atoms with Crippen LogP contribution in [0.1, 0.15) is 5.56 Å². The van der Waals surface area contributed by atoms with Gasteiger partial charge in [-0.05, 0) is 35.9 Å². The Labute approximate surface area is 146 Å². The Balaban J connectivity index is 1.49. The lowest BCUT2D eigenvalue weighted by Crippen LogP contribution is -2.51. The van der Waals surface area contributed by atoms with Crippen LogP contribution in [0.2, 0.25) is 5.02 Å². The highest BCUT2D eigenvalue weighted by Crippen LogP contribution is 2.13. The van der Waals surface area contributed by atoms with Gasteiger partial charge in [-0.2, -0.15) is 0 Å². The van der Waals surface area contributed by atoms with Gasteiger partial charge in [-0.15, -0.1) is 0 Å². The Bertz CT molecular complexity index is 712. The van der Waals surface area contributed by atoms with E-state index in [0.717, 1.165) is 24.5 Å². The van der Waals surface area contributed by atoms with Gasteiger partial charge < -0.3 is 15.1 Å². The number of nitrogens with zero attached hydrogens (tertiary/aromatic N) is 3. The number of aromatic nitrogens is 1. The van der Waals surface area contributed by atoms with E-state index in [1.165, 1.54) is 0 Å². The molecule has 3 rings (SSSR count). The van der Waals surface area contributed by atoms with E-state index in [0.29, 0.717) is 18.1 Å². The van der Waals surface area contributed by atoms with Gasteiger partial charge in [-0.25, -0.2) is 9.78 Å². The van der Waals surface area contributed by atoms with Gasteiger partial charge in [-0.3, -0.25) is 0 Å². The number of hydrogen-bond acceptors (Lipinski definition) is 3. The monoisotopic (exact) mass is 342 g/mol. The molecule has 1 aromatic carbocycles. The molecule has 0 unspecified atom stereocenters. The second-order valence-electron chi connectivity index (χ2n) is 5.50. The highest BCUT2D eigenvalue weighted by Gasteiger charge is 2.20. The fourth-order valence-electron chi connectivity index (χ4n) is 2.59. The Kier molecular flexibility index (Phi) is 5.33. The summed E-state index contributed by atoms with van der Waals surface area (Å²) in [5.74, 6) is 0.957. The maximum absolute atomic E-state index is 12.2. The molecule has 1 aliphatic heterocycles. The number of pyridine rings is 1. The van der Waals surface area contributed by atoms with Crippen LogP contribution in [0.15, 0.2) is 54.9 Å². The number of piperazine rings is 1. The second kappa shape index (κ2) is 7.84. The Morgan fingerprint density at radius 1 is 1.12 bits per heavy atom. The van der Waals surface area contributed by atoms with E-state index < -0.39 is 0 Å². The van der Waals surface area contributed by atoms with E-state index in [9.17, 15) is 4.79 Å². The van der Waals surface area contributed by atoms with Crippen LogP contribution >= 0.6 is 11.6 Å². The summed E-state index contributed by atoms with van der Waals surface area (Å²) in [7, 11) is 0. The molecule has 2 heterocycles. The lowest BCUT2D eigenvalue weighted by Gasteiger charge is -2.35. The molecular weight excluding hydrogens is 324 g/mol. The molecule has 0 bridgehead atoms. The summed E-state index contributed by atoms with van der Waals surface area (Å²) in [4.78, 5) is 20.5. The largest absolute Gasteiger partial charge is 0.353 e. The van der Waals surface area contributed by atoms with E-state index in [-0.39, 0.29) is 6.03 Å². The first-order valence-electron chi connectivity index (χ1n) is 7.86. The zero-order chi connectivity index (χ0) is 16.8. The highest BCUT2D eigenvalue weighted by molar-refractivity contribution is 6.30. The zero-order valence-electron chi connectivity index (χ0n) is 13.2. The van der Waals surface area contributed by atoms with Crippen LogP contribution in [0, 0.1) is 0 Å². The summed E-state index contributed by atoms with van der Waals surface area (Å²) in [6.45, 7) is 2.91. The van der Waals surface area contributed by atoms with E-state index in [1.54, 1.807) is 12.4 Å². The van der Waals surface area contributed by atoms with Crippen molar-refractivity contribution < 1.29 is 4.79 Å². The molecular formula is C18H19ClN4O. The number of rotatable bonds is 3. The van der Waals surface area contributed by atoms with Gasteiger partial charge >= 0.3 is 6.03 Å². The summed E-state index contributed by atoms with van der Waals surface area (Å²) in [6, 6.07) is 13.2. The number of anilines is 1. The molecule has 1 fully saturated rings. The minimum atomic E-state index is -0.0889. The van der Waals surface area contributed by atoms with Crippen molar-refractivity contribution in [1.82, 2.24) is 15.2 Å². The first kappa shape index (κ1) is 16.3. The number of carbonyl (C=O) groups is 1. The van der Waals surface area contributed by atoms with Crippen molar-refractivity contribution in [2.24, 2.45) is 0 Å². The minimum Gasteiger partial charge on any atom is -0.353 e. The molecule has 0 radical (unpaired) electrons. The van der Waals surface area contributed by atoms with Gasteiger partial charge in [0, 0.05) is 43.6 Å². The van der Waals surface area contributed by atoms with Crippen LogP contribution in [0.3, 0.4) is 0 Å². The van der Waals surface area contributed by atoms with Crippen LogP contribution in [0.25, 0.3) is 6.08 Å². The molecule has 1 saturated heterocycles. The average Bonchev–Trinajstić information content (AvgIpc) is 2.63. The quantitative estimate of drug-likeness (QED) is 0.931. The molecule has 5 nitrogen and oxygen atoms in total. The van der Waals surface area contributed by atoms with Crippen LogP contribution in [-0.4, -0.2) is 42.1 Å². The van der Waals surface area contributed by atoms with Gasteiger partial charge in [0.15, 0.2) is 0 Å². The summed E-state index contributed by atoms with van der Waals surface area (Å²) < 4.78 is 0. The van der Waals surface area contributed by atoms with Crippen LogP contribution in [0.5, 0.6) is 0 Å². The summed E-state index contributed by atoms with van der Waals surface area (Å²) in [5.41, 5.74) is 0.947. The van der Waals surface area contributed by atoms with Crippen LogP contribution < -0.4 is 10.2 Å². The molecule has 2 amide bonds. The lowest BCUT2D eigenvalue weighted by atomic mass is 10.2. The van der Waals surface area contributed by atoms with Crippen molar-refractivity contribution in [3.8, 4) is 0 Å². The first-order valence-corrected chi connectivity index (χ1v) is 8.24. The third-order valence-corrected chi connectivity index (χ3v) is 4.11. The topological polar surface area (TPSA) is 48.5 Å². The normalized spacial score (nSPS) is 14.9. The molecule has 1 N–H and O–H groups in total. The Hall–Kier alpha value is -2.53. The number of carbonyl (C=O) groups excluding carboxylic acids is 1. The lowest BCUT2D eigenvalue weighted by molar-refractivity contribution is 0.198. The number of hydrogen-bond donors (Lipinski definition) is 1. The maximum Gasteiger partial charge on any atom is 0.321 e. The van der Waals surface area contributed by atoms with E-state index >= 15 is 0 Å². The Morgan fingerprint density at radius 3 is 2.67 bits per heavy atom. The number of halogens is 1. The molecule has 124 valence electrons. The van der Waals surface area contributed by atoms with Gasteiger partial charge in [0.1, 0.15) is 5.82 Å². The van der Waals surface area contributed by atoms with Crippen molar-refractivity contribution in [3.05, 3.63) is 65.4 Å². The predicted octanol–water partition coefficient (Wildman–Crippen LogP) is 3.24. The first-order chi connectivity index (χ1) is 11.7. The van der Waals surface area contributed by atoms with Crippen molar-refractivity contribution in [2.45, 2.75) is 0 Å². The van der Waals surface area contributed by atoms with Crippen molar-refractivity contribution in [2.75, 3.05) is 31.1 Å². The van der Waals surface area contributed by atoms with E-state index in [4.69, 9.17) is 11.6 Å². The van der Waals surface area contributed by atoms with Gasteiger partial charge in [0.05, 0.1) is 0 Å². The van der Waals surface area contributed by atoms with Gasteiger partial charge in [0.25, 0.3) is 0 Å². The number of nitrogens with one attached hydrogen (secondary N) is 1. The second-order valence-corrected chi connectivity index (χ2v) is 5.94. The molecule has 1 aromatic heterocycles. The molecule has 0 spiro atoms. The van der Waals surface area contributed by atoms with Crippen LogP contribution in [-0.2, 0) is 0 Å². The fraction of sp³-hybridized carbons (Fsp3) is 0.222. The fourth-order valence-corrected chi connectivity index (χ4v) is 2.79. The zero-order valence-corrected chi connectivity index (χ0v) is 14.0. The summed E-state index contributed by atoms with van der Waals surface area (Å²) in [5, 5.41) is 3.48. The third-order valence-electron chi connectivity index (χ3n) is 3.87. The smallest absolute Gasteiger partial charge is 0.321 e. The average molecular weight is 343 g/mol. The molecule has 0 aliphatic carbocycles. The molecule has 0 saturated carbocycles. The number of urea groups is 1. The summed E-state index contributed by atoms with van der Waals surface area (Å²) >= 11 is 5.93. The van der Waals surface area contributed by atoms with Crippen LogP contribution in [0.4, 0.5) is 10.6 Å². The Morgan fingerprint density at radius 2 is 1.96 bits per heavy atom. The van der Waals surface area contributed by atoms with E-state index in [1.807, 2.05) is 53.4 Å². The number of benzene rings is 1. The number of amides is 2. The van der Waals surface area contributed by atoms with Gasteiger partial charge in [0.2, 0.25) is 0 Å².